The Labute approximate surface area is 139 Å². The van der Waals surface area contributed by atoms with Gasteiger partial charge < -0.3 is 9.15 Å². The van der Waals surface area contributed by atoms with Crippen molar-refractivity contribution in [2.24, 2.45) is 0 Å². The topological polar surface area (TPSA) is 86.4 Å². The first-order valence-electron chi connectivity index (χ1n) is 7.75. The Hall–Kier alpha value is -2.32. The lowest BCUT2D eigenvalue weighted by atomic mass is 10.1. The van der Waals surface area contributed by atoms with Crippen LogP contribution >= 0.6 is 0 Å². The summed E-state index contributed by atoms with van der Waals surface area (Å²) in [6.45, 7) is 1.31. The number of anilines is 1. The molecule has 8 heteroatoms. The molecular formula is C16H17N3O4S. The predicted molar refractivity (Wildman–Crippen MR) is 88.3 cm³/mol. The largest absolute Gasteiger partial charge is 0.463 e. The first-order valence-corrected chi connectivity index (χ1v) is 9.24. The number of hydrogen-bond donors (Lipinski definition) is 1. The van der Waals surface area contributed by atoms with E-state index in [0.29, 0.717) is 24.6 Å². The van der Waals surface area contributed by atoms with E-state index in [2.05, 4.69) is 9.82 Å². The van der Waals surface area contributed by atoms with E-state index in [-0.39, 0.29) is 10.9 Å². The molecule has 0 saturated carbocycles. The number of nitrogens with zero attached hydrogens (tertiary/aromatic N) is 2. The number of furan rings is 1. The monoisotopic (exact) mass is 347 g/mol. The van der Waals surface area contributed by atoms with Gasteiger partial charge in [0.25, 0.3) is 10.0 Å². The Morgan fingerprint density at radius 1 is 1.17 bits per heavy atom. The number of nitrogens with one attached hydrogen (secondary N) is 1. The van der Waals surface area contributed by atoms with Crippen molar-refractivity contribution in [1.82, 2.24) is 9.78 Å². The third-order valence-electron chi connectivity index (χ3n) is 4.18. The molecule has 0 radical (unpaired) electrons. The van der Waals surface area contributed by atoms with Gasteiger partial charge in [-0.1, -0.05) is 12.1 Å². The van der Waals surface area contributed by atoms with Crippen LogP contribution in [0.25, 0.3) is 11.0 Å². The van der Waals surface area contributed by atoms with Crippen LogP contribution in [-0.2, 0) is 14.8 Å². The van der Waals surface area contributed by atoms with E-state index in [1.54, 1.807) is 29.1 Å². The summed E-state index contributed by atoms with van der Waals surface area (Å²) in [7, 11) is -3.78. The second kappa shape index (κ2) is 5.95. The van der Waals surface area contributed by atoms with Gasteiger partial charge in [0.15, 0.2) is 5.58 Å². The number of para-hydroxylation sites is 1. The normalized spacial score (nSPS) is 16.5. The molecule has 3 aromatic rings. The zero-order valence-electron chi connectivity index (χ0n) is 12.9. The Bertz CT molecular complexity index is 955. The second-order valence-electron chi connectivity index (χ2n) is 5.71. The fourth-order valence-electron chi connectivity index (χ4n) is 2.99. The van der Waals surface area contributed by atoms with Gasteiger partial charge in [-0.25, -0.2) is 13.1 Å². The average Bonchev–Trinajstić information content (AvgIpc) is 3.23. The molecule has 1 fully saturated rings. The number of hydrogen-bond acceptors (Lipinski definition) is 5. The molecule has 2 aromatic heterocycles. The number of ether oxygens (including phenoxy) is 1. The van der Waals surface area contributed by atoms with E-state index >= 15 is 0 Å². The molecule has 0 amide bonds. The van der Waals surface area contributed by atoms with Gasteiger partial charge >= 0.3 is 0 Å². The van der Waals surface area contributed by atoms with Crippen molar-refractivity contribution in [2.45, 2.75) is 23.8 Å². The maximum absolute atomic E-state index is 12.8. The highest BCUT2D eigenvalue weighted by atomic mass is 32.2. The number of aromatic nitrogens is 2. The molecule has 4 rings (SSSR count). The van der Waals surface area contributed by atoms with Crippen LogP contribution in [-0.4, -0.2) is 31.4 Å². The van der Waals surface area contributed by atoms with Crippen molar-refractivity contribution in [1.29, 1.82) is 0 Å². The van der Waals surface area contributed by atoms with E-state index < -0.39 is 10.0 Å². The number of fused-ring (bicyclic) bond motifs is 1. The van der Waals surface area contributed by atoms with E-state index in [1.807, 2.05) is 6.07 Å². The van der Waals surface area contributed by atoms with Gasteiger partial charge in [-0.15, -0.1) is 0 Å². The van der Waals surface area contributed by atoms with Crippen molar-refractivity contribution in [2.75, 3.05) is 17.9 Å². The van der Waals surface area contributed by atoms with Gasteiger partial charge in [0, 0.05) is 24.7 Å². The molecular weight excluding hydrogens is 330 g/mol. The van der Waals surface area contributed by atoms with E-state index in [4.69, 9.17) is 9.15 Å². The molecule has 1 saturated heterocycles. The highest BCUT2D eigenvalue weighted by Gasteiger charge is 2.24. The summed E-state index contributed by atoms with van der Waals surface area (Å²) in [5.41, 5.74) is 0.349. The van der Waals surface area contributed by atoms with Crippen molar-refractivity contribution in [3.05, 3.63) is 42.8 Å². The third kappa shape index (κ3) is 2.67. The first-order chi connectivity index (χ1) is 11.6. The van der Waals surface area contributed by atoms with Crippen molar-refractivity contribution < 1.29 is 17.6 Å². The molecule has 7 nitrogen and oxygen atoms in total. The zero-order valence-corrected chi connectivity index (χ0v) is 13.7. The van der Waals surface area contributed by atoms with Gasteiger partial charge in [-0.05, 0) is 25.0 Å². The fourth-order valence-corrected chi connectivity index (χ4v) is 4.20. The summed E-state index contributed by atoms with van der Waals surface area (Å²) in [6.07, 6.45) is 4.70. The molecule has 1 aliphatic heterocycles. The van der Waals surface area contributed by atoms with Gasteiger partial charge in [-0.3, -0.25) is 4.72 Å². The van der Waals surface area contributed by atoms with Crippen LogP contribution in [0.3, 0.4) is 0 Å². The molecule has 0 bridgehead atoms. The van der Waals surface area contributed by atoms with Crippen LogP contribution in [0.4, 0.5) is 5.82 Å². The molecule has 24 heavy (non-hydrogen) atoms. The van der Waals surface area contributed by atoms with E-state index in [0.717, 1.165) is 18.2 Å². The van der Waals surface area contributed by atoms with Crippen LogP contribution in [0.1, 0.15) is 18.9 Å². The van der Waals surface area contributed by atoms with Crippen molar-refractivity contribution >= 4 is 26.8 Å². The Morgan fingerprint density at radius 2 is 2.00 bits per heavy atom. The van der Waals surface area contributed by atoms with Crippen molar-refractivity contribution in [3.63, 3.8) is 0 Å². The van der Waals surface area contributed by atoms with Crippen LogP contribution in [0, 0.1) is 0 Å². The Morgan fingerprint density at radius 3 is 2.83 bits per heavy atom. The molecule has 0 spiro atoms. The zero-order chi connectivity index (χ0) is 16.6. The fraction of sp³-hybridized carbons (Fsp3) is 0.312. The highest BCUT2D eigenvalue weighted by molar-refractivity contribution is 7.93. The molecule has 126 valence electrons. The number of benzene rings is 1. The molecule has 0 atom stereocenters. The number of sulfonamides is 1. The molecule has 1 N–H and O–H groups in total. The lowest BCUT2D eigenvalue weighted by molar-refractivity contribution is 0.0669. The quantitative estimate of drug-likeness (QED) is 0.784. The minimum atomic E-state index is -3.78. The van der Waals surface area contributed by atoms with Crippen LogP contribution < -0.4 is 4.72 Å². The maximum Gasteiger partial charge on any atom is 0.266 e. The van der Waals surface area contributed by atoms with Gasteiger partial charge in [0.1, 0.15) is 10.7 Å². The van der Waals surface area contributed by atoms with Crippen LogP contribution in [0.2, 0.25) is 0 Å². The van der Waals surface area contributed by atoms with Crippen LogP contribution in [0.5, 0.6) is 0 Å². The Balaban J connectivity index is 1.68. The SMILES string of the molecule is O=S(=O)(Nc1ccnn1C1CCOCC1)c1cccc2ccoc12. The van der Waals surface area contributed by atoms with E-state index in [1.165, 1.54) is 12.3 Å². The summed E-state index contributed by atoms with van der Waals surface area (Å²) >= 11 is 0. The molecule has 1 aromatic carbocycles. The maximum atomic E-state index is 12.8. The minimum absolute atomic E-state index is 0.115. The smallest absolute Gasteiger partial charge is 0.266 e. The number of rotatable bonds is 4. The average molecular weight is 347 g/mol. The summed E-state index contributed by atoms with van der Waals surface area (Å²) in [6, 6.07) is 8.57. The predicted octanol–water partition coefficient (Wildman–Crippen LogP) is 2.78. The first kappa shape index (κ1) is 15.2. The van der Waals surface area contributed by atoms with Crippen LogP contribution in [0.15, 0.2) is 52.1 Å². The summed E-state index contributed by atoms with van der Waals surface area (Å²) < 4.78 is 40.7. The highest BCUT2D eigenvalue weighted by Crippen LogP contribution is 2.28. The summed E-state index contributed by atoms with van der Waals surface area (Å²) in [4.78, 5) is 0.115. The summed E-state index contributed by atoms with van der Waals surface area (Å²) in [5.74, 6) is 0.449. The molecule has 0 aliphatic carbocycles. The molecule has 3 heterocycles. The lowest BCUT2D eigenvalue weighted by Gasteiger charge is -2.24. The lowest BCUT2D eigenvalue weighted by Crippen LogP contribution is -2.23. The molecule has 1 aliphatic rings. The third-order valence-corrected chi connectivity index (χ3v) is 5.56. The molecule has 0 unspecified atom stereocenters. The summed E-state index contributed by atoms with van der Waals surface area (Å²) in [5, 5.41) is 5.03. The second-order valence-corrected chi connectivity index (χ2v) is 7.36. The van der Waals surface area contributed by atoms with Gasteiger partial charge in [0.05, 0.1) is 18.5 Å². The Kier molecular flexibility index (Phi) is 3.78. The van der Waals surface area contributed by atoms with Crippen molar-refractivity contribution in [3.8, 4) is 0 Å². The van der Waals surface area contributed by atoms with E-state index in [9.17, 15) is 8.42 Å². The standard InChI is InChI=1S/C16H17N3O4S/c20-24(21,14-3-1-2-12-5-11-23-16(12)14)18-15-4-8-17-19(15)13-6-9-22-10-7-13/h1-5,8,11,13,18H,6-7,9-10H2. The minimum Gasteiger partial charge on any atom is -0.463 e. The van der Waals surface area contributed by atoms with Gasteiger partial charge in [-0.2, -0.15) is 5.10 Å². The van der Waals surface area contributed by atoms with Gasteiger partial charge in [0.2, 0.25) is 0 Å².